The van der Waals surface area contributed by atoms with Crippen molar-refractivity contribution in [2.24, 2.45) is 17.8 Å². The zero-order valence-electron chi connectivity index (χ0n) is 16.0. The largest absolute Gasteiger partial charge is 0.237 e. The number of rotatable bonds is 5. The smallest absolute Gasteiger partial charge is 0.228 e. The lowest BCUT2D eigenvalue weighted by Crippen LogP contribution is -2.52. The topological polar surface area (TPSA) is 36.9 Å². The van der Waals surface area contributed by atoms with Gasteiger partial charge in [-0.05, 0) is 59.8 Å². The second-order valence-electron chi connectivity index (χ2n) is 9.11. The van der Waals surface area contributed by atoms with Crippen LogP contribution in [0.25, 0.3) is 0 Å². The van der Waals surface area contributed by atoms with Gasteiger partial charge in [-0.25, -0.2) is 9.78 Å². The lowest BCUT2D eigenvalue weighted by atomic mass is 9.73. The molecule has 0 aromatic carbocycles. The molecule has 4 heteroatoms. The number of hydrogen-bond acceptors (Lipinski definition) is 4. The first-order valence-corrected chi connectivity index (χ1v) is 8.58. The molecule has 0 aliphatic heterocycles. The second-order valence-corrected chi connectivity index (χ2v) is 9.11. The van der Waals surface area contributed by atoms with Crippen molar-refractivity contribution >= 4 is 0 Å². The molecule has 0 bridgehead atoms. The molecular formula is C18H36O4. The van der Waals surface area contributed by atoms with Crippen molar-refractivity contribution < 1.29 is 19.6 Å². The van der Waals surface area contributed by atoms with E-state index >= 15 is 0 Å². The molecule has 0 aromatic heterocycles. The lowest BCUT2D eigenvalue weighted by molar-refractivity contribution is -0.559. The Morgan fingerprint density at radius 1 is 0.864 bits per heavy atom. The van der Waals surface area contributed by atoms with Gasteiger partial charge in [0, 0.05) is 12.3 Å². The van der Waals surface area contributed by atoms with Gasteiger partial charge in [0.15, 0.2) is 0 Å². The quantitative estimate of drug-likeness (QED) is 0.393. The third-order valence-corrected chi connectivity index (χ3v) is 3.84. The normalized spacial score (nSPS) is 26.5. The molecule has 4 nitrogen and oxygen atoms in total. The maximum atomic E-state index is 5.93. The van der Waals surface area contributed by atoms with E-state index in [-0.39, 0.29) is 17.1 Å². The van der Waals surface area contributed by atoms with E-state index in [9.17, 15) is 0 Å². The van der Waals surface area contributed by atoms with Crippen LogP contribution >= 0.6 is 0 Å². The van der Waals surface area contributed by atoms with Crippen LogP contribution in [-0.2, 0) is 19.6 Å². The minimum absolute atomic E-state index is 0.244. The van der Waals surface area contributed by atoms with E-state index in [1.54, 1.807) is 0 Å². The maximum absolute atomic E-state index is 5.93. The summed E-state index contributed by atoms with van der Waals surface area (Å²) in [5.41, 5.74) is -0.777. The van der Waals surface area contributed by atoms with Crippen molar-refractivity contribution in [3.05, 3.63) is 0 Å². The fraction of sp³-hybridized carbons (Fsp3) is 1.00. The van der Waals surface area contributed by atoms with Crippen molar-refractivity contribution in [1.29, 1.82) is 0 Å². The second kappa shape index (κ2) is 7.16. The molecule has 2 atom stereocenters. The molecule has 0 radical (unpaired) electrons. The molecule has 0 aromatic rings. The lowest BCUT2D eigenvalue weighted by Gasteiger charge is -2.46. The molecule has 2 unspecified atom stereocenters. The van der Waals surface area contributed by atoms with E-state index in [2.05, 4.69) is 20.8 Å². The molecule has 0 heterocycles. The van der Waals surface area contributed by atoms with Gasteiger partial charge in [-0.15, -0.1) is 0 Å². The van der Waals surface area contributed by atoms with Crippen LogP contribution in [0.5, 0.6) is 0 Å². The Labute approximate surface area is 136 Å². The van der Waals surface area contributed by atoms with Gasteiger partial charge in [0.25, 0.3) is 0 Å². The summed E-state index contributed by atoms with van der Waals surface area (Å²) in [6.45, 7) is 18.5. The summed E-state index contributed by atoms with van der Waals surface area (Å²) in [4.78, 5) is 23.2. The molecule has 0 spiro atoms. The van der Waals surface area contributed by atoms with Gasteiger partial charge in [-0.1, -0.05) is 27.2 Å². The first-order valence-electron chi connectivity index (χ1n) is 8.58. The van der Waals surface area contributed by atoms with Crippen LogP contribution in [-0.4, -0.2) is 17.0 Å². The molecule has 1 fully saturated rings. The monoisotopic (exact) mass is 316 g/mol. The van der Waals surface area contributed by atoms with Crippen LogP contribution in [0.4, 0.5) is 0 Å². The maximum Gasteiger partial charge on any atom is 0.237 e. The third kappa shape index (κ3) is 6.15. The summed E-state index contributed by atoms with van der Waals surface area (Å²) < 4.78 is 0. The highest BCUT2D eigenvalue weighted by atomic mass is 17.3. The highest BCUT2D eigenvalue weighted by Gasteiger charge is 2.50. The van der Waals surface area contributed by atoms with Gasteiger partial charge < -0.3 is 0 Å². The predicted octanol–water partition coefficient (Wildman–Crippen LogP) is 5.27. The summed E-state index contributed by atoms with van der Waals surface area (Å²) >= 11 is 0. The molecule has 0 amide bonds. The summed E-state index contributed by atoms with van der Waals surface area (Å²) in [6.07, 6.45) is 3.02. The highest BCUT2D eigenvalue weighted by Crippen LogP contribution is 2.45. The Balaban J connectivity index is 2.99. The van der Waals surface area contributed by atoms with Gasteiger partial charge in [-0.3, -0.25) is 0 Å². The Hall–Kier alpha value is -0.160. The van der Waals surface area contributed by atoms with Crippen LogP contribution in [0, 0.1) is 17.8 Å². The fourth-order valence-corrected chi connectivity index (χ4v) is 2.86. The van der Waals surface area contributed by atoms with Gasteiger partial charge >= 0.3 is 0 Å². The summed E-state index contributed by atoms with van der Waals surface area (Å²) in [7, 11) is 0. The van der Waals surface area contributed by atoms with E-state index in [0.717, 1.165) is 12.8 Å². The SMILES string of the molecule is CC1CCC(C(C)C)C(OOC(C)(C)C)(OOC(C)(C)C)C1. The average molecular weight is 316 g/mol. The minimum atomic E-state index is -0.841. The van der Waals surface area contributed by atoms with Crippen LogP contribution in [0.1, 0.15) is 81.6 Å². The van der Waals surface area contributed by atoms with Gasteiger partial charge in [0.2, 0.25) is 5.79 Å². The van der Waals surface area contributed by atoms with Crippen LogP contribution in [0.15, 0.2) is 0 Å². The number of hydrogen-bond donors (Lipinski definition) is 0. The first-order chi connectivity index (χ1) is 9.85. The van der Waals surface area contributed by atoms with Crippen molar-refractivity contribution in [2.45, 2.75) is 98.6 Å². The van der Waals surface area contributed by atoms with E-state index in [4.69, 9.17) is 19.6 Å². The summed E-state index contributed by atoms with van der Waals surface area (Å²) in [5, 5.41) is 0. The van der Waals surface area contributed by atoms with Crippen molar-refractivity contribution in [3.8, 4) is 0 Å². The molecule has 1 rings (SSSR count). The third-order valence-electron chi connectivity index (χ3n) is 3.84. The molecule has 1 aliphatic rings. The Kier molecular flexibility index (Phi) is 6.48. The van der Waals surface area contributed by atoms with E-state index in [1.165, 1.54) is 6.42 Å². The average Bonchev–Trinajstić information content (AvgIpc) is 2.32. The predicted molar refractivity (Wildman–Crippen MR) is 87.9 cm³/mol. The van der Waals surface area contributed by atoms with Crippen molar-refractivity contribution in [1.82, 2.24) is 0 Å². The van der Waals surface area contributed by atoms with Gasteiger partial charge in [-0.2, -0.15) is 9.78 Å². The van der Waals surface area contributed by atoms with Crippen molar-refractivity contribution in [3.63, 3.8) is 0 Å². The molecule has 132 valence electrons. The van der Waals surface area contributed by atoms with E-state index in [0.29, 0.717) is 11.8 Å². The Morgan fingerprint density at radius 2 is 1.32 bits per heavy atom. The van der Waals surface area contributed by atoms with E-state index in [1.807, 2.05) is 41.5 Å². The highest BCUT2D eigenvalue weighted by molar-refractivity contribution is 4.87. The Morgan fingerprint density at radius 3 is 1.68 bits per heavy atom. The first kappa shape index (κ1) is 19.9. The molecule has 0 N–H and O–H groups in total. The summed E-state index contributed by atoms with van der Waals surface area (Å²) in [6, 6.07) is 0. The fourth-order valence-electron chi connectivity index (χ4n) is 2.86. The van der Waals surface area contributed by atoms with Crippen molar-refractivity contribution in [2.75, 3.05) is 0 Å². The zero-order valence-corrected chi connectivity index (χ0v) is 16.0. The molecular weight excluding hydrogens is 280 g/mol. The van der Waals surface area contributed by atoms with Crippen LogP contribution in [0.2, 0.25) is 0 Å². The molecule has 0 saturated heterocycles. The van der Waals surface area contributed by atoms with Gasteiger partial charge in [0.05, 0.1) is 11.2 Å². The molecule has 1 aliphatic carbocycles. The molecule has 22 heavy (non-hydrogen) atoms. The standard InChI is InChI=1S/C18H36O4/c1-13(2)15-11-10-14(3)12-18(15,21-19-16(4,5)6)22-20-17(7,8)9/h13-15H,10-12H2,1-9H3. The van der Waals surface area contributed by atoms with E-state index < -0.39 is 5.79 Å². The minimum Gasteiger partial charge on any atom is -0.228 e. The van der Waals surface area contributed by atoms with Crippen LogP contribution in [0.3, 0.4) is 0 Å². The zero-order chi connectivity index (χ0) is 17.2. The van der Waals surface area contributed by atoms with Gasteiger partial charge in [0.1, 0.15) is 0 Å². The van der Waals surface area contributed by atoms with Crippen LogP contribution < -0.4 is 0 Å². The summed E-state index contributed by atoms with van der Waals surface area (Å²) in [5.74, 6) is 0.349. The molecule has 1 saturated carbocycles. The Bertz CT molecular complexity index is 320.